The zero-order valence-electron chi connectivity index (χ0n) is 10.1. The Kier molecular flexibility index (Phi) is 3.21. The topological polar surface area (TPSA) is 37.0 Å². The van der Waals surface area contributed by atoms with Gasteiger partial charge < -0.3 is 10.9 Å². The smallest absolute Gasteiger partial charge is 0.0724 e. The maximum Gasteiger partial charge on any atom is 0.0724 e. The number of halogens is 1. The number of nitrogens with zero attached hydrogens (tertiary/aromatic N) is 1. The SMILES string of the molecule is Clc1ccc2nccc(NNc3ccccc3)c2c1. The van der Waals surface area contributed by atoms with Crippen LogP contribution in [0.3, 0.4) is 0 Å². The summed E-state index contributed by atoms with van der Waals surface area (Å²) in [5.74, 6) is 0. The lowest BCUT2D eigenvalue weighted by Gasteiger charge is -2.11. The Bertz CT molecular complexity index is 698. The average Bonchev–Trinajstić information content (AvgIpc) is 2.46. The van der Waals surface area contributed by atoms with E-state index in [9.17, 15) is 0 Å². The van der Waals surface area contributed by atoms with Gasteiger partial charge >= 0.3 is 0 Å². The summed E-state index contributed by atoms with van der Waals surface area (Å²) in [6.45, 7) is 0. The molecule has 0 aliphatic heterocycles. The molecule has 3 aromatic rings. The summed E-state index contributed by atoms with van der Waals surface area (Å²) in [7, 11) is 0. The summed E-state index contributed by atoms with van der Waals surface area (Å²) in [5, 5.41) is 1.68. The number of benzene rings is 2. The molecule has 2 aromatic carbocycles. The minimum Gasteiger partial charge on any atom is -0.301 e. The molecule has 0 atom stereocenters. The summed E-state index contributed by atoms with van der Waals surface area (Å²) in [4.78, 5) is 4.31. The molecular formula is C15H12ClN3. The van der Waals surface area contributed by atoms with Crippen LogP contribution >= 0.6 is 11.6 Å². The number of nitrogens with one attached hydrogen (secondary N) is 2. The van der Waals surface area contributed by atoms with Crippen molar-refractivity contribution in [1.82, 2.24) is 4.98 Å². The summed E-state index contributed by atoms with van der Waals surface area (Å²) >= 11 is 6.03. The highest BCUT2D eigenvalue weighted by Crippen LogP contribution is 2.24. The number of hydrogen-bond acceptors (Lipinski definition) is 3. The number of hydrazine groups is 1. The van der Waals surface area contributed by atoms with Gasteiger partial charge in [-0.2, -0.15) is 0 Å². The second kappa shape index (κ2) is 5.16. The van der Waals surface area contributed by atoms with Crippen molar-refractivity contribution in [2.24, 2.45) is 0 Å². The van der Waals surface area contributed by atoms with E-state index in [1.54, 1.807) is 6.20 Å². The van der Waals surface area contributed by atoms with E-state index in [0.29, 0.717) is 5.02 Å². The van der Waals surface area contributed by atoms with Crippen molar-refractivity contribution in [3.8, 4) is 0 Å². The quantitative estimate of drug-likeness (QED) is 0.695. The second-order valence-electron chi connectivity index (χ2n) is 4.14. The molecule has 3 nitrogen and oxygen atoms in total. The van der Waals surface area contributed by atoms with Gasteiger partial charge in [-0.1, -0.05) is 29.8 Å². The molecule has 0 saturated heterocycles. The zero-order valence-corrected chi connectivity index (χ0v) is 10.9. The fraction of sp³-hybridized carbons (Fsp3) is 0. The molecule has 0 spiro atoms. The molecule has 0 bridgehead atoms. The Morgan fingerprint density at radius 2 is 1.74 bits per heavy atom. The monoisotopic (exact) mass is 269 g/mol. The van der Waals surface area contributed by atoms with Gasteiger partial charge in [-0.05, 0) is 36.4 Å². The molecule has 0 fully saturated rings. The van der Waals surface area contributed by atoms with Gasteiger partial charge in [0.15, 0.2) is 0 Å². The van der Waals surface area contributed by atoms with E-state index in [1.807, 2.05) is 54.6 Å². The molecule has 2 N–H and O–H groups in total. The van der Waals surface area contributed by atoms with Crippen molar-refractivity contribution >= 4 is 33.9 Å². The van der Waals surface area contributed by atoms with Crippen LogP contribution < -0.4 is 10.9 Å². The average molecular weight is 270 g/mol. The predicted octanol–water partition coefficient (Wildman–Crippen LogP) is 4.33. The minimum atomic E-state index is 0.697. The van der Waals surface area contributed by atoms with Crippen molar-refractivity contribution in [3.63, 3.8) is 0 Å². The molecule has 1 heterocycles. The van der Waals surface area contributed by atoms with Crippen LogP contribution in [-0.4, -0.2) is 4.98 Å². The highest BCUT2D eigenvalue weighted by Gasteiger charge is 2.02. The van der Waals surface area contributed by atoms with Gasteiger partial charge in [0.2, 0.25) is 0 Å². The Hall–Kier alpha value is -2.26. The van der Waals surface area contributed by atoms with Gasteiger partial charge in [0.25, 0.3) is 0 Å². The normalized spacial score (nSPS) is 10.4. The molecule has 3 rings (SSSR count). The van der Waals surface area contributed by atoms with E-state index in [1.165, 1.54) is 0 Å². The third-order valence-electron chi connectivity index (χ3n) is 2.82. The summed E-state index contributed by atoms with van der Waals surface area (Å²) in [6, 6.07) is 17.5. The van der Waals surface area contributed by atoms with Crippen molar-refractivity contribution < 1.29 is 0 Å². The van der Waals surface area contributed by atoms with Crippen molar-refractivity contribution in [3.05, 3.63) is 65.8 Å². The van der Waals surface area contributed by atoms with Crippen LogP contribution in [-0.2, 0) is 0 Å². The molecular weight excluding hydrogens is 258 g/mol. The highest BCUT2D eigenvalue weighted by molar-refractivity contribution is 6.31. The van der Waals surface area contributed by atoms with E-state index in [2.05, 4.69) is 15.8 Å². The number of hydrogen-bond donors (Lipinski definition) is 2. The van der Waals surface area contributed by atoms with Crippen LogP contribution in [0.1, 0.15) is 0 Å². The molecule has 0 aliphatic carbocycles. The molecule has 0 saturated carbocycles. The fourth-order valence-corrected chi connectivity index (χ4v) is 2.06. The van der Waals surface area contributed by atoms with Gasteiger partial charge in [0.1, 0.15) is 0 Å². The maximum atomic E-state index is 6.03. The van der Waals surface area contributed by atoms with E-state index in [0.717, 1.165) is 22.3 Å². The Morgan fingerprint density at radius 1 is 0.895 bits per heavy atom. The van der Waals surface area contributed by atoms with Gasteiger partial charge in [0, 0.05) is 16.6 Å². The molecule has 0 radical (unpaired) electrons. The van der Waals surface area contributed by atoms with Gasteiger partial charge in [-0.3, -0.25) is 4.98 Å². The lowest BCUT2D eigenvalue weighted by atomic mass is 10.2. The number of para-hydroxylation sites is 1. The van der Waals surface area contributed by atoms with E-state index >= 15 is 0 Å². The fourth-order valence-electron chi connectivity index (χ4n) is 1.89. The standard InChI is InChI=1S/C15H12ClN3/c16-11-6-7-14-13(10-11)15(8-9-17-14)19-18-12-4-2-1-3-5-12/h1-10,18H,(H,17,19). The van der Waals surface area contributed by atoms with Crippen LogP contribution in [0.4, 0.5) is 11.4 Å². The predicted molar refractivity (Wildman–Crippen MR) is 80.4 cm³/mol. The van der Waals surface area contributed by atoms with Crippen molar-refractivity contribution in [2.75, 3.05) is 10.9 Å². The number of fused-ring (bicyclic) bond motifs is 1. The number of anilines is 2. The first kappa shape index (κ1) is 11.8. The summed E-state index contributed by atoms with van der Waals surface area (Å²) in [6.07, 6.45) is 1.77. The van der Waals surface area contributed by atoms with Gasteiger partial charge in [-0.25, -0.2) is 0 Å². The Labute approximate surface area is 116 Å². The number of rotatable bonds is 3. The Balaban J connectivity index is 1.90. The molecule has 0 unspecified atom stereocenters. The molecule has 19 heavy (non-hydrogen) atoms. The van der Waals surface area contributed by atoms with Crippen molar-refractivity contribution in [2.45, 2.75) is 0 Å². The lowest BCUT2D eigenvalue weighted by Crippen LogP contribution is -2.08. The van der Waals surface area contributed by atoms with Gasteiger partial charge in [0.05, 0.1) is 16.9 Å². The van der Waals surface area contributed by atoms with E-state index < -0.39 is 0 Å². The van der Waals surface area contributed by atoms with Gasteiger partial charge in [-0.15, -0.1) is 0 Å². The third-order valence-corrected chi connectivity index (χ3v) is 3.05. The minimum absolute atomic E-state index is 0.697. The van der Waals surface area contributed by atoms with E-state index in [-0.39, 0.29) is 0 Å². The molecule has 0 amide bonds. The lowest BCUT2D eigenvalue weighted by molar-refractivity contribution is 1.37. The molecule has 4 heteroatoms. The van der Waals surface area contributed by atoms with Crippen LogP contribution in [0.5, 0.6) is 0 Å². The molecule has 0 aliphatic rings. The zero-order chi connectivity index (χ0) is 13.1. The van der Waals surface area contributed by atoms with Crippen LogP contribution in [0, 0.1) is 0 Å². The first-order chi connectivity index (χ1) is 9.33. The summed E-state index contributed by atoms with van der Waals surface area (Å²) in [5.41, 5.74) is 9.18. The third kappa shape index (κ3) is 2.61. The first-order valence-corrected chi connectivity index (χ1v) is 6.32. The molecule has 1 aromatic heterocycles. The number of pyridine rings is 1. The second-order valence-corrected chi connectivity index (χ2v) is 4.57. The first-order valence-electron chi connectivity index (χ1n) is 5.94. The number of aromatic nitrogens is 1. The highest BCUT2D eigenvalue weighted by atomic mass is 35.5. The van der Waals surface area contributed by atoms with Crippen LogP contribution in [0.25, 0.3) is 10.9 Å². The molecule has 94 valence electrons. The maximum absolute atomic E-state index is 6.03. The van der Waals surface area contributed by atoms with E-state index in [4.69, 9.17) is 11.6 Å². The van der Waals surface area contributed by atoms with Crippen molar-refractivity contribution in [1.29, 1.82) is 0 Å². The summed E-state index contributed by atoms with van der Waals surface area (Å²) < 4.78 is 0. The van der Waals surface area contributed by atoms with Crippen LogP contribution in [0.2, 0.25) is 5.02 Å². The Morgan fingerprint density at radius 3 is 2.58 bits per heavy atom. The van der Waals surface area contributed by atoms with Crippen LogP contribution in [0.15, 0.2) is 60.8 Å². The largest absolute Gasteiger partial charge is 0.301 e.